The highest BCUT2D eigenvalue weighted by atomic mass is 19.4. The summed E-state index contributed by atoms with van der Waals surface area (Å²) < 4.78 is 42.9. The van der Waals surface area contributed by atoms with Crippen molar-refractivity contribution in [2.75, 3.05) is 5.32 Å². The lowest BCUT2D eigenvalue weighted by Gasteiger charge is -2.05. The second kappa shape index (κ2) is 7.22. The first kappa shape index (κ1) is 17.4. The van der Waals surface area contributed by atoms with Gasteiger partial charge in [0.1, 0.15) is 0 Å². The number of aromatic nitrogens is 2. The Morgan fingerprint density at radius 1 is 1.00 bits per heavy atom. The standard InChI is InChI=1S/C18H12F3N3O2/c19-18(20,21)14-9-7-13(8-10-14)16-23-24-17(26-16)22-15(25)11-6-12-4-2-1-3-5-12/h1-11H,(H,22,24,25). The molecule has 26 heavy (non-hydrogen) atoms. The summed E-state index contributed by atoms with van der Waals surface area (Å²) in [6, 6.07) is 13.3. The normalized spacial score (nSPS) is 11.7. The van der Waals surface area contributed by atoms with Crippen LogP contribution >= 0.6 is 0 Å². The van der Waals surface area contributed by atoms with Crippen molar-refractivity contribution in [3.05, 3.63) is 71.8 Å². The minimum absolute atomic E-state index is 0.000985. The van der Waals surface area contributed by atoms with E-state index in [4.69, 9.17) is 4.42 Å². The average molecular weight is 359 g/mol. The SMILES string of the molecule is O=C(C=Cc1ccccc1)Nc1nnc(-c2ccc(C(F)(F)F)cc2)o1. The molecule has 3 rings (SSSR count). The lowest BCUT2D eigenvalue weighted by molar-refractivity contribution is -0.137. The molecule has 0 spiro atoms. The van der Waals surface area contributed by atoms with Crippen LogP contribution in [0.1, 0.15) is 11.1 Å². The van der Waals surface area contributed by atoms with Gasteiger partial charge in [-0.2, -0.15) is 13.2 Å². The van der Waals surface area contributed by atoms with Crippen molar-refractivity contribution in [3.8, 4) is 11.5 Å². The quantitative estimate of drug-likeness (QED) is 0.701. The number of amides is 1. The number of carbonyl (C=O) groups excluding carboxylic acids is 1. The number of alkyl halides is 3. The van der Waals surface area contributed by atoms with Crippen molar-refractivity contribution in [2.45, 2.75) is 6.18 Å². The minimum Gasteiger partial charge on any atom is -0.403 e. The number of anilines is 1. The van der Waals surface area contributed by atoms with Crippen molar-refractivity contribution >= 4 is 18.0 Å². The number of nitrogens with one attached hydrogen (secondary N) is 1. The largest absolute Gasteiger partial charge is 0.416 e. The highest BCUT2D eigenvalue weighted by Gasteiger charge is 2.30. The van der Waals surface area contributed by atoms with Gasteiger partial charge in [0.15, 0.2) is 0 Å². The Labute approximate surface area is 146 Å². The molecule has 0 fully saturated rings. The van der Waals surface area contributed by atoms with Crippen molar-refractivity contribution in [1.29, 1.82) is 0 Å². The Morgan fingerprint density at radius 3 is 2.35 bits per heavy atom. The van der Waals surface area contributed by atoms with Crippen molar-refractivity contribution in [2.24, 2.45) is 0 Å². The number of hydrogen-bond acceptors (Lipinski definition) is 4. The van der Waals surface area contributed by atoms with Crippen LogP contribution in [-0.2, 0) is 11.0 Å². The molecule has 0 bridgehead atoms. The molecule has 5 nitrogen and oxygen atoms in total. The van der Waals surface area contributed by atoms with Crippen molar-refractivity contribution < 1.29 is 22.4 Å². The monoisotopic (exact) mass is 359 g/mol. The lowest BCUT2D eigenvalue weighted by Crippen LogP contribution is -2.07. The topological polar surface area (TPSA) is 68.0 Å². The predicted octanol–water partition coefficient (Wildman–Crippen LogP) is 4.41. The zero-order chi connectivity index (χ0) is 18.6. The van der Waals surface area contributed by atoms with Gasteiger partial charge >= 0.3 is 12.2 Å². The van der Waals surface area contributed by atoms with Gasteiger partial charge < -0.3 is 4.42 Å². The summed E-state index contributed by atoms with van der Waals surface area (Å²) in [6.45, 7) is 0. The van der Waals surface area contributed by atoms with Gasteiger partial charge in [-0.05, 0) is 35.9 Å². The molecule has 8 heteroatoms. The number of carbonyl (C=O) groups is 1. The second-order valence-corrected chi connectivity index (χ2v) is 5.22. The average Bonchev–Trinajstić information content (AvgIpc) is 3.09. The van der Waals surface area contributed by atoms with E-state index in [0.29, 0.717) is 5.56 Å². The molecule has 0 saturated heterocycles. The first-order valence-electron chi connectivity index (χ1n) is 7.47. The van der Waals surface area contributed by atoms with Gasteiger partial charge in [-0.3, -0.25) is 10.1 Å². The summed E-state index contributed by atoms with van der Waals surface area (Å²) in [5.74, 6) is -0.475. The van der Waals surface area contributed by atoms with E-state index in [1.54, 1.807) is 6.08 Å². The van der Waals surface area contributed by atoms with E-state index in [2.05, 4.69) is 15.5 Å². The Morgan fingerprint density at radius 2 is 1.69 bits per heavy atom. The number of hydrogen-bond donors (Lipinski definition) is 1. The predicted molar refractivity (Wildman–Crippen MR) is 88.8 cm³/mol. The minimum atomic E-state index is -4.42. The van der Waals surface area contributed by atoms with Gasteiger partial charge in [-0.15, -0.1) is 5.10 Å². The molecule has 0 aliphatic heterocycles. The van der Waals surface area contributed by atoms with Gasteiger partial charge in [0.2, 0.25) is 5.89 Å². The maximum absolute atomic E-state index is 12.6. The summed E-state index contributed by atoms with van der Waals surface area (Å²) in [5.41, 5.74) is 0.379. The van der Waals surface area contributed by atoms with Gasteiger partial charge in [0.05, 0.1) is 5.56 Å². The molecule has 0 aliphatic carbocycles. The Hall–Kier alpha value is -3.42. The summed E-state index contributed by atoms with van der Waals surface area (Å²) in [5, 5.41) is 9.76. The molecule has 1 N–H and O–H groups in total. The molecule has 1 amide bonds. The number of rotatable bonds is 4. The first-order valence-corrected chi connectivity index (χ1v) is 7.47. The van der Waals surface area contributed by atoms with Crippen LogP contribution in [-0.4, -0.2) is 16.1 Å². The van der Waals surface area contributed by atoms with E-state index in [9.17, 15) is 18.0 Å². The zero-order valence-electron chi connectivity index (χ0n) is 13.2. The van der Waals surface area contributed by atoms with E-state index >= 15 is 0 Å². The fourth-order valence-corrected chi connectivity index (χ4v) is 2.08. The van der Waals surface area contributed by atoms with Gasteiger partial charge in [0, 0.05) is 11.6 Å². The van der Waals surface area contributed by atoms with Crippen LogP contribution < -0.4 is 5.32 Å². The smallest absolute Gasteiger partial charge is 0.403 e. The molecule has 0 saturated carbocycles. The molecular formula is C18H12F3N3O2. The maximum Gasteiger partial charge on any atom is 0.416 e. The summed E-state index contributed by atoms with van der Waals surface area (Å²) in [4.78, 5) is 11.8. The summed E-state index contributed by atoms with van der Waals surface area (Å²) >= 11 is 0. The zero-order valence-corrected chi connectivity index (χ0v) is 13.2. The van der Waals surface area contributed by atoms with E-state index in [1.807, 2.05) is 30.3 Å². The highest BCUT2D eigenvalue weighted by molar-refractivity contribution is 6.00. The van der Waals surface area contributed by atoms with E-state index in [0.717, 1.165) is 17.7 Å². The van der Waals surface area contributed by atoms with Crippen LogP contribution in [0.3, 0.4) is 0 Å². The molecule has 0 atom stereocenters. The Bertz CT molecular complexity index is 917. The third-order valence-corrected chi connectivity index (χ3v) is 3.34. The van der Waals surface area contributed by atoms with Crippen LogP contribution in [0.2, 0.25) is 0 Å². The molecular weight excluding hydrogens is 347 g/mol. The van der Waals surface area contributed by atoms with Crippen LogP contribution in [0.15, 0.2) is 65.1 Å². The fraction of sp³-hybridized carbons (Fsp3) is 0.0556. The third-order valence-electron chi connectivity index (χ3n) is 3.34. The molecule has 1 heterocycles. The van der Waals surface area contributed by atoms with Gasteiger partial charge in [0.25, 0.3) is 5.91 Å². The number of halogens is 3. The number of benzene rings is 2. The molecule has 2 aromatic carbocycles. The Kier molecular flexibility index (Phi) is 4.83. The molecule has 1 aromatic heterocycles. The van der Waals surface area contributed by atoms with E-state index in [-0.39, 0.29) is 11.9 Å². The van der Waals surface area contributed by atoms with Crippen LogP contribution in [0.5, 0.6) is 0 Å². The van der Waals surface area contributed by atoms with E-state index in [1.165, 1.54) is 18.2 Å². The number of nitrogens with zero attached hydrogens (tertiary/aromatic N) is 2. The summed E-state index contributed by atoms with van der Waals surface area (Å²) in [7, 11) is 0. The highest BCUT2D eigenvalue weighted by Crippen LogP contribution is 2.30. The van der Waals surface area contributed by atoms with E-state index < -0.39 is 17.6 Å². The lowest BCUT2D eigenvalue weighted by atomic mass is 10.1. The Balaban J connectivity index is 1.66. The second-order valence-electron chi connectivity index (χ2n) is 5.22. The molecule has 132 valence electrons. The van der Waals surface area contributed by atoms with Crippen molar-refractivity contribution in [1.82, 2.24) is 10.2 Å². The molecule has 0 radical (unpaired) electrons. The van der Waals surface area contributed by atoms with Gasteiger partial charge in [-0.1, -0.05) is 35.4 Å². The van der Waals surface area contributed by atoms with Crippen LogP contribution in [0, 0.1) is 0 Å². The molecule has 0 aliphatic rings. The fourth-order valence-electron chi connectivity index (χ4n) is 2.08. The first-order chi connectivity index (χ1) is 12.4. The summed E-state index contributed by atoms with van der Waals surface area (Å²) in [6.07, 6.45) is -1.50. The van der Waals surface area contributed by atoms with Crippen molar-refractivity contribution in [3.63, 3.8) is 0 Å². The van der Waals surface area contributed by atoms with Gasteiger partial charge in [-0.25, -0.2) is 0 Å². The maximum atomic E-state index is 12.6. The molecule has 3 aromatic rings. The third kappa shape index (κ3) is 4.35. The van der Waals surface area contributed by atoms with Crippen LogP contribution in [0.4, 0.5) is 19.2 Å². The molecule has 0 unspecified atom stereocenters. The van der Waals surface area contributed by atoms with Crippen LogP contribution in [0.25, 0.3) is 17.5 Å².